The lowest BCUT2D eigenvalue weighted by Gasteiger charge is -2.29. The van der Waals surface area contributed by atoms with Crippen LogP contribution in [-0.2, 0) is 10.8 Å². The van der Waals surface area contributed by atoms with Crippen molar-refractivity contribution in [2.45, 2.75) is 38.5 Å². The van der Waals surface area contributed by atoms with E-state index in [1.54, 1.807) is 0 Å². The quantitative estimate of drug-likeness (QED) is 0.141. The molecule has 2 nitrogen and oxygen atoms in total. The Kier molecular flexibility index (Phi) is 8.87. The van der Waals surface area contributed by atoms with E-state index >= 15 is 0 Å². The fraction of sp³-hybridized carbons (Fsp3) is 0.100. The number of benzene rings is 9. The molecule has 2 aliphatic rings. The van der Waals surface area contributed by atoms with Crippen LogP contribution in [0.2, 0.25) is 0 Å². The Hall–Kier alpha value is -7.42. The summed E-state index contributed by atoms with van der Waals surface area (Å²) in [5.41, 5.74) is 19.8. The molecule has 0 radical (unpaired) electrons. The maximum Gasteiger partial charge on any atom is 0.0540 e. The third kappa shape index (κ3) is 6.17. The van der Waals surface area contributed by atoms with Gasteiger partial charge in [-0.05, 0) is 128 Å². The molecule has 9 aromatic rings. The highest BCUT2D eigenvalue weighted by Crippen LogP contribution is 2.53. The van der Waals surface area contributed by atoms with Gasteiger partial charge < -0.3 is 9.80 Å². The Labute approximate surface area is 365 Å². The van der Waals surface area contributed by atoms with Gasteiger partial charge in [0.15, 0.2) is 0 Å². The molecular weight excluding hydrogens is 749 g/mol. The second-order valence-corrected chi connectivity index (χ2v) is 17.8. The lowest BCUT2D eigenvalue weighted by Crippen LogP contribution is -2.18. The van der Waals surface area contributed by atoms with Crippen molar-refractivity contribution in [2.75, 3.05) is 9.80 Å². The van der Waals surface area contributed by atoms with Gasteiger partial charge in [-0.1, -0.05) is 179 Å². The van der Waals surface area contributed by atoms with Crippen molar-refractivity contribution in [1.82, 2.24) is 0 Å². The first kappa shape index (κ1) is 37.6. The first-order valence-corrected chi connectivity index (χ1v) is 21.8. The van der Waals surface area contributed by atoms with Crippen LogP contribution in [0.25, 0.3) is 45.2 Å². The SMILES string of the molecule is CC1(C)c2ccccc2-c2ccc(N(c3ccc(/C=C/c4ccc(N(c5ccccc5)c5cccc6ccccc56)cc4)cc3)c3ccc4c(c3)C(C)(C)c3ccccc3-4)cc21. The van der Waals surface area contributed by atoms with E-state index in [4.69, 9.17) is 0 Å². The summed E-state index contributed by atoms with van der Waals surface area (Å²) in [6.45, 7) is 9.44. The van der Waals surface area contributed by atoms with Crippen molar-refractivity contribution in [3.63, 3.8) is 0 Å². The Morgan fingerprint density at radius 1 is 0.323 bits per heavy atom. The van der Waals surface area contributed by atoms with E-state index in [1.165, 1.54) is 55.3 Å². The van der Waals surface area contributed by atoms with Gasteiger partial charge in [-0.15, -0.1) is 0 Å². The van der Waals surface area contributed by atoms with Crippen molar-refractivity contribution >= 4 is 57.0 Å². The minimum Gasteiger partial charge on any atom is -0.310 e. The Balaban J connectivity index is 0.930. The maximum absolute atomic E-state index is 2.44. The van der Waals surface area contributed by atoms with E-state index in [-0.39, 0.29) is 10.8 Å². The fourth-order valence-electron chi connectivity index (χ4n) is 10.2. The summed E-state index contributed by atoms with van der Waals surface area (Å²) in [7, 11) is 0. The van der Waals surface area contributed by atoms with Crippen LogP contribution in [0.15, 0.2) is 206 Å². The molecule has 0 bridgehead atoms. The predicted molar refractivity (Wildman–Crippen MR) is 264 cm³/mol. The number of hydrogen-bond acceptors (Lipinski definition) is 2. The van der Waals surface area contributed by atoms with E-state index in [0.717, 1.165) is 45.3 Å². The van der Waals surface area contributed by atoms with Crippen LogP contribution in [0.4, 0.5) is 34.1 Å². The first-order chi connectivity index (χ1) is 30.3. The van der Waals surface area contributed by atoms with Crippen LogP contribution in [0.5, 0.6) is 0 Å². The van der Waals surface area contributed by atoms with Gasteiger partial charge >= 0.3 is 0 Å². The Morgan fingerprint density at radius 3 is 1.31 bits per heavy atom. The van der Waals surface area contributed by atoms with Gasteiger partial charge in [0.25, 0.3) is 0 Å². The molecule has 0 aliphatic heterocycles. The fourth-order valence-corrected chi connectivity index (χ4v) is 10.2. The molecule has 0 atom stereocenters. The van der Waals surface area contributed by atoms with Gasteiger partial charge in [-0.2, -0.15) is 0 Å². The summed E-state index contributed by atoms with van der Waals surface area (Å²) in [5.74, 6) is 0. The summed E-state index contributed by atoms with van der Waals surface area (Å²) in [5, 5.41) is 2.45. The smallest absolute Gasteiger partial charge is 0.0540 e. The molecule has 0 amide bonds. The van der Waals surface area contributed by atoms with Gasteiger partial charge in [-0.3, -0.25) is 0 Å². The summed E-state index contributed by atoms with van der Waals surface area (Å²) >= 11 is 0. The molecule has 0 spiro atoms. The Morgan fingerprint density at radius 2 is 0.742 bits per heavy atom. The minimum atomic E-state index is -0.0994. The van der Waals surface area contributed by atoms with Gasteiger partial charge in [0.1, 0.15) is 0 Å². The van der Waals surface area contributed by atoms with Gasteiger partial charge in [0.05, 0.1) is 5.69 Å². The maximum atomic E-state index is 2.44. The summed E-state index contributed by atoms with van der Waals surface area (Å²) < 4.78 is 0. The lowest BCUT2D eigenvalue weighted by atomic mass is 9.82. The van der Waals surface area contributed by atoms with Crippen molar-refractivity contribution in [1.29, 1.82) is 0 Å². The summed E-state index contributed by atoms with van der Waals surface area (Å²) in [6, 6.07) is 75.6. The molecule has 62 heavy (non-hydrogen) atoms. The highest BCUT2D eigenvalue weighted by Gasteiger charge is 2.37. The number of nitrogens with zero attached hydrogens (tertiary/aromatic N) is 2. The molecule has 0 unspecified atom stereocenters. The van der Waals surface area contributed by atoms with E-state index < -0.39 is 0 Å². The normalized spacial score (nSPS) is 14.0. The number of hydrogen-bond donors (Lipinski definition) is 0. The van der Waals surface area contributed by atoms with Crippen molar-refractivity contribution in [3.8, 4) is 22.3 Å². The monoisotopic (exact) mass is 796 g/mol. The van der Waals surface area contributed by atoms with Gasteiger partial charge in [0, 0.05) is 44.7 Å². The van der Waals surface area contributed by atoms with Crippen LogP contribution < -0.4 is 9.80 Å². The molecule has 2 aliphatic carbocycles. The molecule has 0 saturated heterocycles. The highest BCUT2D eigenvalue weighted by molar-refractivity contribution is 5.99. The van der Waals surface area contributed by atoms with E-state index in [0.29, 0.717) is 0 Å². The molecule has 0 N–H and O–H groups in total. The second-order valence-electron chi connectivity index (χ2n) is 17.8. The zero-order chi connectivity index (χ0) is 42.0. The van der Waals surface area contributed by atoms with Crippen LogP contribution >= 0.6 is 0 Å². The van der Waals surface area contributed by atoms with Gasteiger partial charge in [-0.25, -0.2) is 0 Å². The molecule has 0 fully saturated rings. The Bertz CT molecular complexity index is 3060. The summed E-state index contributed by atoms with van der Waals surface area (Å²) in [4.78, 5) is 4.79. The molecule has 0 heterocycles. The number of anilines is 6. The molecule has 9 aromatic carbocycles. The molecule has 0 saturated carbocycles. The van der Waals surface area contributed by atoms with Crippen molar-refractivity contribution in [3.05, 3.63) is 240 Å². The highest BCUT2D eigenvalue weighted by atomic mass is 15.1. The standard InChI is InChI=1S/C60H48N2/c1-59(2)54-22-12-10-20-50(54)52-37-35-47(39-56(52)59)61(48-36-38-53-51-21-11-13-23-55(51)60(3,4)57(53)40-48)45-31-27-41(28-32-45)25-26-42-29-33-46(34-30-42)62(44-17-6-5-7-18-44)58-24-14-16-43-15-8-9-19-49(43)58/h5-40H,1-4H3/b26-25+. The van der Waals surface area contributed by atoms with Crippen LogP contribution in [0.1, 0.15) is 61.1 Å². The zero-order valence-corrected chi connectivity index (χ0v) is 35.7. The van der Waals surface area contributed by atoms with Crippen LogP contribution in [0.3, 0.4) is 0 Å². The second kappa shape index (κ2) is 14.6. The minimum absolute atomic E-state index is 0.0994. The third-order valence-electron chi connectivity index (χ3n) is 13.4. The van der Waals surface area contributed by atoms with Crippen molar-refractivity contribution in [2.24, 2.45) is 0 Å². The molecule has 298 valence electrons. The van der Waals surface area contributed by atoms with Crippen molar-refractivity contribution < 1.29 is 0 Å². The third-order valence-corrected chi connectivity index (χ3v) is 13.4. The first-order valence-electron chi connectivity index (χ1n) is 21.8. The lowest BCUT2D eigenvalue weighted by molar-refractivity contribution is 0.660. The largest absolute Gasteiger partial charge is 0.310 e. The average Bonchev–Trinajstić information content (AvgIpc) is 3.69. The van der Waals surface area contributed by atoms with E-state index in [1.807, 2.05) is 0 Å². The summed E-state index contributed by atoms with van der Waals surface area (Å²) in [6.07, 6.45) is 4.43. The zero-order valence-electron chi connectivity index (χ0n) is 35.7. The topological polar surface area (TPSA) is 6.48 Å². The van der Waals surface area contributed by atoms with Gasteiger partial charge in [0.2, 0.25) is 0 Å². The van der Waals surface area contributed by atoms with Crippen LogP contribution in [0, 0.1) is 0 Å². The molecule has 11 rings (SSSR count). The number of fused-ring (bicyclic) bond motifs is 7. The molecular formula is C60H48N2. The van der Waals surface area contributed by atoms with Crippen LogP contribution in [-0.4, -0.2) is 0 Å². The van der Waals surface area contributed by atoms with E-state index in [2.05, 4.69) is 256 Å². The molecule has 2 heteroatoms. The van der Waals surface area contributed by atoms with E-state index in [9.17, 15) is 0 Å². The number of rotatable bonds is 8. The average molecular weight is 797 g/mol. The predicted octanol–water partition coefficient (Wildman–Crippen LogP) is 16.6. The number of para-hydroxylation sites is 1. The molecule has 0 aromatic heterocycles.